The second-order valence-corrected chi connectivity index (χ2v) is 6.92. The van der Waals surface area contributed by atoms with Crippen LogP contribution >= 0.6 is 0 Å². The maximum Gasteiger partial charge on any atom is -0.0329 e. The minimum Gasteiger partial charge on any atom is -0.0651 e. The molecule has 0 saturated carbocycles. The summed E-state index contributed by atoms with van der Waals surface area (Å²) < 4.78 is 0. The molecule has 0 aromatic heterocycles. The predicted molar refractivity (Wildman–Crippen MR) is 80.3 cm³/mol. The highest BCUT2D eigenvalue weighted by molar-refractivity contribution is 4.75. The molecule has 0 aromatic carbocycles. The molecule has 0 rings (SSSR count). The molecule has 0 saturated heterocycles. The number of hydrogen-bond donors (Lipinski definition) is 0. The van der Waals surface area contributed by atoms with Crippen molar-refractivity contribution in [1.82, 2.24) is 0 Å². The Hall–Kier alpha value is 0. The molecular weight excluding hydrogens is 204 g/mol. The van der Waals surface area contributed by atoms with Crippen molar-refractivity contribution in [3.05, 3.63) is 0 Å². The van der Waals surface area contributed by atoms with Crippen LogP contribution < -0.4 is 0 Å². The van der Waals surface area contributed by atoms with Crippen LogP contribution in [0.15, 0.2) is 0 Å². The third-order valence-electron chi connectivity index (χ3n) is 4.85. The first-order valence-corrected chi connectivity index (χ1v) is 7.86. The van der Waals surface area contributed by atoms with Crippen molar-refractivity contribution in [1.29, 1.82) is 0 Å². The van der Waals surface area contributed by atoms with E-state index in [4.69, 9.17) is 0 Å². The maximum atomic E-state index is 2.46. The van der Waals surface area contributed by atoms with Gasteiger partial charge in [-0.2, -0.15) is 0 Å². The second kappa shape index (κ2) is 8.16. The van der Waals surface area contributed by atoms with Crippen LogP contribution in [0, 0.1) is 23.2 Å². The number of hydrogen-bond acceptors (Lipinski definition) is 0. The van der Waals surface area contributed by atoms with Gasteiger partial charge in [0, 0.05) is 0 Å². The largest absolute Gasteiger partial charge is 0.0651 e. The molecule has 0 heteroatoms. The first-order chi connectivity index (χ1) is 7.86. The molecule has 0 spiro atoms. The van der Waals surface area contributed by atoms with Crippen LogP contribution in [0.3, 0.4) is 0 Å². The van der Waals surface area contributed by atoms with Crippen LogP contribution in [-0.2, 0) is 0 Å². The number of rotatable bonds is 9. The zero-order valence-electron chi connectivity index (χ0n) is 13.5. The Labute approximate surface area is 111 Å². The highest BCUT2D eigenvalue weighted by atomic mass is 14.3. The van der Waals surface area contributed by atoms with E-state index in [0.29, 0.717) is 5.41 Å². The van der Waals surface area contributed by atoms with Gasteiger partial charge in [-0.25, -0.2) is 0 Å². The van der Waals surface area contributed by atoms with Gasteiger partial charge < -0.3 is 0 Å². The molecule has 3 atom stereocenters. The van der Waals surface area contributed by atoms with Crippen LogP contribution in [0.2, 0.25) is 0 Å². The summed E-state index contributed by atoms with van der Waals surface area (Å²) in [6.45, 7) is 16.8. The van der Waals surface area contributed by atoms with E-state index < -0.39 is 0 Å². The molecule has 0 aromatic rings. The fraction of sp³-hybridized carbons (Fsp3) is 1.00. The summed E-state index contributed by atoms with van der Waals surface area (Å²) in [6.07, 6.45) is 8.22. The van der Waals surface area contributed by atoms with Crippen molar-refractivity contribution in [3.63, 3.8) is 0 Å². The quantitative estimate of drug-likeness (QED) is 0.443. The molecule has 0 nitrogen and oxygen atoms in total. The van der Waals surface area contributed by atoms with Gasteiger partial charge in [0.2, 0.25) is 0 Å². The van der Waals surface area contributed by atoms with Gasteiger partial charge >= 0.3 is 0 Å². The summed E-state index contributed by atoms with van der Waals surface area (Å²) in [7, 11) is 0. The van der Waals surface area contributed by atoms with E-state index in [9.17, 15) is 0 Å². The Morgan fingerprint density at radius 2 is 1.24 bits per heavy atom. The minimum atomic E-state index is 0.579. The molecule has 0 fully saturated rings. The smallest absolute Gasteiger partial charge is 0.0329 e. The summed E-state index contributed by atoms with van der Waals surface area (Å²) in [6, 6.07) is 0. The van der Waals surface area contributed by atoms with E-state index in [1.54, 1.807) is 0 Å². The highest BCUT2D eigenvalue weighted by Crippen LogP contribution is 2.35. The van der Waals surface area contributed by atoms with Crippen molar-refractivity contribution in [2.45, 2.75) is 87.0 Å². The van der Waals surface area contributed by atoms with E-state index in [-0.39, 0.29) is 0 Å². The van der Waals surface area contributed by atoms with E-state index in [1.165, 1.54) is 38.5 Å². The fourth-order valence-corrected chi connectivity index (χ4v) is 3.10. The molecule has 0 aliphatic rings. The van der Waals surface area contributed by atoms with Crippen molar-refractivity contribution in [3.8, 4) is 0 Å². The van der Waals surface area contributed by atoms with Gasteiger partial charge in [0.25, 0.3) is 0 Å². The monoisotopic (exact) mass is 240 g/mol. The van der Waals surface area contributed by atoms with E-state index >= 15 is 0 Å². The fourth-order valence-electron chi connectivity index (χ4n) is 3.10. The predicted octanol–water partition coefficient (Wildman–Crippen LogP) is 6.30. The zero-order valence-corrected chi connectivity index (χ0v) is 13.5. The molecular formula is C17H36. The summed E-state index contributed by atoms with van der Waals surface area (Å²) in [5.74, 6) is 2.69. The summed E-state index contributed by atoms with van der Waals surface area (Å²) in [5, 5.41) is 0. The lowest BCUT2D eigenvalue weighted by Crippen LogP contribution is -2.19. The first-order valence-electron chi connectivity index (χ1n) is 7.86. The normalized spacial score (nSPS) is 17.8. The van der Waals surface area contributed by atoms with E-state index in [1.807, 2.05) is 0 Å². The summed E-state index contributed by atoms with van der Waals surface area (Å²) >= 11 is 0. The van der Waals surface area contributed by atoms with E-state index in [0.717, 1.165) is 17.8 Å². The average molecular weight is 240 g/mol. The molecule has 0 heterocycles. The minimum absolute atomic E-state index is 0.579. The second-order valence-electron chi connectivity index (χ2n) is 6.92. The summed E-state index contributed by atoms with van der Waals surface area (Å²) in [4.78, 5) is 0. The van der Waals surface area contributed by atoms with Gasteiger partial charge in [0.05, 0.1) is 0 Å². The Morgan fingerprint density at radius 1 is 0.765 bits per heavy atom. The third-order valence-corrected chi connectivity index (χ3v) is 4.85. The lowest BCUT2D eigenvalue weighted by Gasteiger charge is -2.31. The Morgan fingerprint density at radius 3 is 1.65 bits per heavy atom. The lowest BCUT2D eigenvalue weighted by atomic mass is 9.75. The Kier molecular flexibility index (Phi) is 8.16. The van der Waals surface area contributed by atoms with Gasteiger partial charge in [0.1, 0.15) is 0 Å². The first kappa shape index (κ1) is 17.0. The highest BCUT2D eigenvalue weighted by Gasteiger charge is 2.23. The molecule has 0 aliphatic heterocycles. The van der Waals surface area contributed by atoms with Crippen molar-refractivity contribution < 1.29 is 0 Å². The zero-order chi connectivity index (χ0) is 13.5. The molecule has 0 amide bonds. The van der Waals surface area contributed by atoms with Crippen LogP contribution in [0.25, 0.3) is 0 Å². The van der Waals surface area contributed by atoms with Gasteiger partial charge in [-0.15, -0.1) is 0 Å². The van der Waals surface area contributed by atoms with Gasteiger partial charge in [-0.3, -0.25) is 0 Å². The Balaban J connectivity index is 4.04. The molecule has 3 unspecified atom stereocenters. The lowest BCUT2D eigenvalue weighted by molar-refractivity contribution is 0.204. The topological polar surface area (TPSA) is 0 Å². The standard InChI is InChI=1S/C17H36/c1-8-14(4)11-15(5)12-16(6)13-17(7,9-2)10-3/h14-16H,8-13H2,1-7H3. The van der Waals surface area contributed by atoms with Crippen LogP contribution in [0.5, 0.6) is 0 Å². The van der Waals surface area contributed by atoms with Crippen molar-refractivity contribution >= 4 is 0 Å². The van der Waals surface area contributed by atoms with Crippen LogP contribution in [0.4, 0.5) is 0 Å². The molecule has 104 valence electrons. The summed E-state index contributed by atoms with van der Waals surface area (Å²) in [5.41, 5.74) is 0.579. The molecule has 0 bridgehead atoms. The molecule has 0 radical (unpaired) electrons. The van der Waals surface area contributed by atoms with Gasteiger partial charge in [-0.05, 0) is 42.4 Å². The Bertz CT molecular complexity index is 178. The average Bonchev–Trinajstić information content (AvgIpc) is 2.28. The van der Waals surface area contributed by atoms with Crippen molar-refractivity contribution in [2.24, 2.45) is 23.2 Å². The van der Waals surface area contributed by atoms with E-state index in [2.05, 4.69) is 48.5 Å². The molecule has 0 N–H and O–H groups in total. The maximum absolute atomic E-state index is 2.46. The SMILES string of the molecule is CCC(C)CC(C)CC(C)CC(C)(CC)CC. The molecule has 17 heavy (non-hydrogen) atoms. The third kappa shape index (κ3) is 7.11. The van der Waals surface area contributed by atoms with Gasteiger partial charge in [-0.1, -0.05) is 67.7 Å². The van der Waals surface area contributed by atoms with Crippen LogP contribution in [-0.4, -0.2) is 0 Å². The van der Waals surface area contributed by atoms with Crippen LogP contribution in [0.1, 0.15) is 87.0 Å². The molecule has 0 aliphatic carbocycles. The van der Waals surface area contributed by atoms with Gasteiger partial charge in [0.15, 0.2) is 0 Å². The van der Waals surface area contributed by atoms with Crippen molar-refractivity contribution in [2.75, 3.05) is 0 Å².